The summed E-state index contributed by atoms with van der Waals surface area (Å²) in [6, 6.07) is 5.65. The molecule has 1 aromatic rings. The maximum absolute atomic E-state index is 11.1. The van der Waals surface area contributed by atoms with Crippen molar-refractivity contribution in [2.45, 2.75) is 26.8 Å². The monoisotopic (exact) mass is 265 g/mol. The van der Waals surface area contributed by atoms with Gasteiger partial charge in [-0.3, -0.25) is 4.79 Å². The maximum Gasteiger partial charge on any atom is 0.210 e. The molecule has 0 bridgehead atoms. The Balaban J connectivity index is 2.75. The van der Waals surface area contributed by atoms with Gasteiger partial charge in [0, 0.05) is 24.7 Å². The SMILES string of the molecule is COc1ccc(CN(C=O)CCC(C)C)c(OC)c1. The van der Waals surface area contributed by atoms with Crippen molar-refractivity contribution >= 4 is 6.41 Å². The number of benzene rings is 1. The largest absolute Gasteiger partial charge is 0.497 e. The Hall–Kier alpha value is -1.71. The molecule has 1 amide bonds. The molecule has 0 N–H and O–H groups in total. The van der Waals surface area contributed by atoms with Gasteiger partial charge in [-0.05, 0) is 24.5 Å². The molecule has 0 saturated carbocycles. The molecule has 1 rings (SSSR count). The topological polar surface area (TPSA) is 38.8 Å². The molecule has 0 unspecified atom stereocenters. The van der Waals surface area contributed by atoms with E-state index in [2.05, 4.69) is 13.8 Å². The number of nitrogens with zero attached hydrogens (tertiary/aromatic N) is 1. The number of methoxy groups -OCH3 is 2. The van der Waals surface area contributed by atoms with Crippen molar-refractivity contribution in [3.05, 3.63) is 23.8 Å². The smallest absolute Gasteiger partial charge is 0.210 e. The quantitative estimate of drug-likeness (QED) is 0.678. The van der Waals surface area contributed by atoms with Gasteiger partial charge >= 0.3 is 0 Å². The van der Waals surface area contributed by atoms with Crippen molar-refractivity contribution < 1.29 is 14.3 Å². The van der Waals surface area contributed by atoms with Crippen molar-refractivity contribution in [1.82, 2.24) is 4.90 Å². The predicted molar refractivity (Wildman–Crippen MR) is 75.5 cm³/mol. The molecule has 0 fully saturated rings. The van der Waals surface area contributed by atoms with Crippen molar-refractivity contribution in [3.8, 4) is 11.5 Å². The van der Waals surface area contributed by atoms with Crippen molar-refractivity contribution in [3.63, 3.8) is 0 Å². The fourth-order valence-electron chi connectivity index (χ4n) is 1.79. The number of carbonyl (C=O) groups is 1. The number of ether oxygens (including phenoxy) is 2. The zero-order valence-electron chi connectivity index (χ0n) is 12.2. The predicted octanol–water partition coefficient (Wildman–Crippen LogP) is 2.71. The van der Waals surface area contributed by atoms with Gasteiger partial charge in [0.2, 0.25) is 6.41 Å². The van der Waals surface area contributed by atoms with E-state index in [0.717, 1.165) is 36.4 Å². The van der Waals surface area contributed by atoms with Crippen LogP contribution in [-0.4, -0.2) is 32.1 Å². The zero-order valence-corrected chi connectivity index (χ0v) is 12.2. The Morgan fingerprint density at radius 2 is 2.00 bits per heavy atom. The highest BCUT2D eigenvalue weighted by atomic mass is 16.5. The van der Waals surface area contributed by atoms with Crippen LogP contribution in [0, 0.1) is 5.92 Å². The van der Waals surface area contributed by atoms with Gasteiger partial charge in [0.15, 0.2) is 0 Å². The third kappa shape index (κ3) is 4.81. The van der Waals surface area contributed by atoms with Crippen molar-refractivity contribution in [2.75, 3.05) is 20.8 Å². The van der Waals surface area contributed by atoms with E-state index in [4.69, 9.17) is 9.47 Å². The minimum atomic E-state index is 0.559. The highest BCUT2D eigenvalue weighted by Crippen LogP contribution is 2.25. The molecule has 0 aliphatic rings. The van der Waals surface area contributed by atoms with E-state index >= 15 is 0 Å². The second-order valence-corrected chi connectivity index (χ2v) is 4.94. The summed E-state index contributed by atoms with van der Waals surface area (Å²) in [6.07, 6.45) is 1.89. The van der Waals surface area contributed by atoms with Gasteiger partial charge in [0.25, 0.3) is 0 Å². The first-order valence-corrected chi connectivity index (χ1v) is 6.51. The second-order valence-electron chi connectivity index (χ2n) is 4.94. The summed E-state index contributed by atoms with van der Waals surface area (Å²) in [5.41, 5.74) is 0.985. The first kappa shape index (κ1) is 15.3. The Kier molecular flexibility index (Phi) is 6.19. The van der Waals surface area contributed by atoms with Gasteiger partial charge in [-0.1, -0.05) is 13.8 Å². The van der Waals surface area contributed by atoms with Crippen LogP contribution in [0.3, 0.4) is 0 Å². The summed E-state index contributed by atoms with van der Waals surface area (Å²) in [5, 5.41) is 0. The lowest BCUT2D eigenvalue weighted by molar-refractivity contribution is -0.118. The van der Waals surface area contributed by atoms with Crippen molar-refractivity contribution in [2.24, 2.45) is 5.92 Å². The second kappa shape index (κ2) is 7.67. The number of rotatable bonds is 8. The lowest BCUT2D eigenvalue weighted by Gasteiger charge is -2.20. The average molecular weight is 265 g/mol. The zero-order chi connectivity index (χ0) is 14.3. The summed E-state index contributed by atoms with van der Waals surface area (Å²) in [4.78, 5) is 12.9. The molecule has 0 radical (unpaired) electrons. The van der Waals surface area contributed by atoms with E-state index in [1.54, 1.807) is 19.1 Å². The van der Waals surface area contributed by atoms with E-state index in [0.29, 0.717) is 12.5 Å². The molecular formula is C15H23NO3. The lowest BCUT2D eigenvalue weighted by Crippen LogP contribution is -2.23. The summed E-state index contributed by atoms with van der Waals surface area (Å²) >= 11 is 0. The first-order valence-electron chi connectivity index (χ1n) is 6.51. The van der Waals surface area contributed by atoms with E-state index < -0.39 is 0 Å². The Morgan fingerprint density at radius 3 is 2.53 bits per heavy atom. The molecular weight excluding hydrogens is 242 g/mol. The van der Waals surface area contributed by atoms with Crippen LogP contribution >= 0.6 is 0 Å². The van der Waals surface area contributed by atoms with Crippen LogP contribution < -0.4 is 9.47 Å². The Morgan fingerprint density at radius 1 is 1.26 bits per heavy atom. The first-order chi connectivity index (χ1) is 9.10. The number of carbonyl (C=O) groups excluding carboxylic acids is 1. The van der Waals surface area contributed by atoms with Gasteiger partial charge in [0.05, 0.1) is 14.2 Å². The van der Waals surface area contributed by atoms with Crippen LogP contribution in [0.25, 0.3) is 0 Å². The Bertz CT molecular complexity index is 404. The number of amides is 1. The number of hydrogen-bond acceptors (Lipinski definition) is 3. The molecule has 0 aliphatic carbocycles. The van der Waals surface area contributed by atoms with Crippen molar-refractivity contribution in [1.29, 1.82) is 0 Å². The average Bonchev–Trinajstić information content (AvgIpc) is 2.43. The molecule has 1 aromatic carbocycles. The highest BCUT2D eigenvalue weighted by Gasteiger charge is 2.10. The highest BCUT2D eigenvalue weighted by molar-refractivity contribution is 5.49. The molecule has 106 valence electrons. The Labute approximate surface area is 115 Å². The summed E-state index contributed by atoms with van der Waals surface area (Å²) in [7, 11) is 3.24. The van der Waals surface area contributed by atoms with Crippen LogP contribution in [0.4, 0.5) is 0 Å². The van der Waals surface area contributed by atoms with E-state index in [1.165, 1.54) is 0 Å². The molecule has 0 spiro atoms. The molecule has 0 heterocycles. The van der Waals surface area contributed by atoms with Gasteiger partial charge in [-0.2, -0.15) is 0 Å². The van der Waals surface area contributed by atoms with Crippen LogP contribution in [0.15, 0.2) is 18.2 Å². The molecule has 0 aromatic heterocycles. The van der Waals surface area contributed by atoms with E-state index in [1.807, 2.05) is 18.2 Å². The fourth-order valence-corrected chi connectivity index (χ4v) is 1.79. The summed E-state index contributed by atoms with van der Waals surface area (Å²) in [6.45, 7) is 5.62. The lowest BCUT2D eigenvalue weighted by atomic mass is 10.1. The maximum atomic E-state index is 11.1. The molecule has 0 atom stereocenters. The summed E-state index contributed by atoms with van der Waals surface area (Å²) in [5.74, 6) is 2.08. The van der Waals surface area contributed by atoms with Crippen LogP contribution in [-0.2, 0) is 11.3 Å². The van der Waals surface area contributed by atoms with Gasteiger partial charge in [-0.25, -0.2) is 0 Å². The molecule has 4 nitrogen and oxygen atoms in total. The molecule has 0 saturated heterocycles. The van der Waals surface area contributed by atoms with Crippen LogP contribution in [0.5, 0.6) is 11.5 Å². The minimum absolute atomic E-state index is 0.559. The minimum Gasteiger partial charge on any atom is -0.497 e. The molecule has 0 aliphatic heterocycles. The van der Waals surface area contributed by atoms with E-state index in [9.17, 15) is 4.79 Å². The fraction of sp³-hybridized carbons (Fsp3) is 0.533. The molecule has 4 heteroatoms. The normalized spacial score (nSPS) is 10.4. The third-order valence-corrected chi connectivity index (χ3v) is 3.01. The van der Waals surface area contributed by atoms with Gasteiger partial charge < -0.3 is 14.4 Å². The van der Waals surface area contributed by atoms with Gasteiger partial charge in [-0.15, -0.1) is 0 Å². The summed E-state index contributed by atoms with van der Waals surface area (Å²) < 4.78 is 10.5. The van der Waals surface area contributed by atoms with Crippen LogP contribution in [0.1, 0.15) is 25.8 Å². The third-order valence-electron chi connectivity index (χ3n) is 3.01. The van der Waals surface area contributed by atoms with E-state index in [-0.39, 0.29) is 0 Å². The number of hydrogen-bond donors (Lipinski definition) is 0. The standard InChI is InChI=1S/C15H23NO3/c1-12(2)7-8-16(11-17)10-13-5-6-14(18-3)9-15(13)19-4/h5-6,9,11-12H,7-8,10H2,1-4H3. The van der Waals surface area contributed by atoms with Gasteiger partial charge in [0.1, 0.15) is 11.5 Å². The molecule has 19 heavy (non-hydrogen) atoms. The van der Waals surface area contributed by atoms with Crippen LogP contribution in [0.2, 0.25) is 0 Å².